The lowest BCUT2D eigenvalue weighted by Gasteiger charge is -2.14. The first-order valence-corrected chi connectivity index (χ1v) is 6.38. The summed E-state index contributed by atoms with van der Waals surface area (Å²) in [5, 5.41) is 3.64. The maximum Gasteiger partial charge on any atom is 0.227 e. The van der Waals surface area contributed by atoms with E-state index in [1.54, 1.807) is 18.2 Å². The van der Waals surface area contributed by atoms with Crippen molar-refractivity contribution in [3.63, 3.8) is 0 Å². The quantitative estimate of drug-likeness (QED) is 0.847. The van der Waals surface area contributed by atoms with Gasteiger partial charge >= 0.3 is 0 Å². The molecule has 1 amide bonds. The lowest BCUT2D eigenvalue weighted by molar-refractivity contribution is -0.118. The van der Waals surface area contributed by atoms with Crippen molar-refractivity contribution in [1.82, 2.24) is 0 Å². The van der Waals surface area contributed by atoms with Crippen LogP contribution in [0.25, 0.3) is 0 Å². The normalized spacial score (nSPS) is 12.2. The Balaban J connectivity index is 2.58. The second-order valence-corrected chi connectivity index (χ2v) is 4.60. The first-order valence-electron chi connectivity index (χ1n) is 5.62. The van der Waals surface area contributed by atoms with Gasteiger partial charge in [0.15, 0.2) is 0 Å². The number of nitrogens with two attached hydrogens (primary N) is 1. The highest BCUT2D eigenvalue weighted by Crippen LogP contribution is 2.22. The molecule has 1 unspecified atom stereocenters. The van der Waals surface area contributed by atoms with Crippen molar-refractivity contribution in [2.45, 2.75) is 19.4 Å². The number of carbonyl (C=O) groups is 1. The smallest absolute Gasteiger partial charge is 0.227 e. The first kappa shape index (κ1) is 15.2. The molecule has 0 aliphatic carbocycles. The zero-order valence-corrected chi connectivity index (χ0v) is 11.6. The standard InChI is InChI=1S/C12H16Cl2N2O2/c1-2-18-11(7-15)6-12(17)16-10-4-8(13)3-9(14)5-10/h3-5,11H,2,6-7,15H2,1H3,(H,16,17). The molecule has 1 rings (SSSR count). The number of rotatable bonds is 6. The van der Waals surface area contributed by atoms with Gasteiger partial charge < -0.3 is 15.8 Å². The molecular weight excluding hydrogens is 275 g/mol. The molecule has 0 aliphatic rings. The molecule has 0 aromatic heterocycles. The van der Waals surface area contributed by atoms with E-state index in [0.717, 1.165) is 0 Å². The summed E-state index contributed by atoms with van der Waals surface area (Å²) >= 11 is 11.7. The molecule has 0 saturated heterocycles. The topological polar surface area (TPSA) is 64.3 Å². The van der Waals surface area contributed by atoms with E-state index in [4.69, 9.17) is 33.7 Å². The average molecular weight is 291 g/mol. The summed E-state index contributed by atoms with van der Waals surface area (Å²) in [6.07, 6.45) is -0.0706. The fourth-order valence-corrected chi connectivity index (χ4v) is 2.02. The minimum atomic E-state index is -0.273. The predicted octanol–water partition coefficient (Wildman–Crippen LogP) is 2.69. The highest BCUT2D eigenvalue weighted by atomic mass is 35.5. The van der Waals surface area contributed by atoms with E-state index in [-0.39, 0.29) is 18.4 Å². The fourth-order valence-electron chi connectivity index (χ4n) is 1.49. The van der Waals surface area contributed by atoms with Crippen LogP contribution in [0.2, 0.25) is 10.0 Å². The van der Waals surface area contributed by atoms with Crippen molar-refractivity contribution in [2.24, 2.45) is 5.73 Å². The van der Waals surface area contributed by atoms with Gasteiger partial charge in [-0.1, -0.05) is 23.2 Å². The molecule has 3 N–H and O–H groups in total. The van der Waals surface area contributed by atoms with Crippen LogP contribution in [0.1, 0.15) is 13.3 Å². The van der Waals surface area contributed by atoms with Gasteiger partial charge in [-0.25, -0.2) is 0 Å². The number of ether oxygens (including phenoxy) is 1. The molecule has 0 spiro atoms. The molecule has 1 atom stereocenters. The monoisotopic (exact) mass is 290 g/mol. The molecule has 0 bridgehead atoms. The van der Waals surface area contributed by atoms with Crippen LogP contribution in [0.3, 0.4) is 0 Å². The number of benzene rings is 1. The Bertz CT molecular complexity index is 393. The summed E-state index contributed by atoms with van der Waals surface area (Å²) in [5.41, 5.74) is 6.06. The molecule has 6 heteroatoms. The van der Waals surface area contributed by atoms with Crippen molar-refractivity contribution in [1.29, 1.82) is 0 Å². The molecule has 1 aromatic rings. The van der Waals surface area contributed by atoms with E-state index in [2.05, 4.69) is 5.32 Å². The maximum atomic E-state index is 11.7. The van der Waals surface area contributed by atoms with Crippen molar-refractivity contribution in [2.75, 3.05) is 18.5 Å². The summed E-state index contributed by atoms with van der Waals surface area (Å²) in [4.78, 5) is 11.7. The van der Waals surface area contributed by atoms with Crippen LogP contribution in [-0.4, -0.2) is 25.2 Å². The number of amides is 1. The number of carbonyl (C=O) groups excluding carboxylic acids is 1. The van der Waals surface area contributed by atoms with Crippen LogP contribution in [0.5, 0.6) is 0 Å². The minimum Gasteiger partial charge on any atom is -0.377 e. The summed E-state index contributed by atoms with van der Waals surface area (Å²) in [6, 6.07) is 4.86. The van der Waals surface area contributed by atoms with E-state index >= 15 is 0 Å². The Morgan fingerprint density at radius 2 is 2.00 bits per heavy atom. The Morgan fingerprint density at radius 1 is 1.39 bits per heavy atom. The molecule has 0 radical (unpaired) electrons. The third kappa shape index (κ3) is 5.23. The number of halogens is 2. The average Bonchev–Trinajstić information content (AvgIpc) is 2.26. The van der Waals surface area contributed by atoms with Crippen LogP contribution < -0.4 is 11.1 Å². The van der Waals surface area contributed by atoms with Crippen molar-refractivity contribution in [3.05, 3.63) is 28.2 Å². The molecule has 100 valence electrons. The Kier molecular flexibility index (Phi) is 6.43. The van der Waals surface area contributed by atoms with E-state index in [1.165, 1.54) is 0 Å². The van der Waals surface area contributed by atoms with E-state index in [1.807, 2.05) is 6.92 Å². The number of nitrogens with one attached hydrogen (secondary N) is 1. The molecule has 4 nitrogen and oxygen atoms in total. The Morgan fingerprint density at radius 3 is 2.50 bits per heavy atom. The van der Waals surface area contributed by atoms with Crippen LogP contribution in [-0.2, 0) is 9.53 Å². The second kappa shape index (κ2) is 7.59. The van der Waals surface area contributed by atoms with E-state index in [0.29, 0.717) is 28.9 Å². The number of hydrogen-bond donors (Lipinski definition) is 2. The van der Waals surface area contributed by atoms with Crippen LogP contribution in [0, 0.1) is 0 Å². The van der Waals surface area contributed by atoms with Gasteiger partial charge in [-0.05, 0) is 25.1 Å². The second-order valence-electron chi connectivity index (χ2n) is 3.72. The summed E-state index contributed by atoms with van der Waals surface area (Å²) < 4.78 is 5.31. The predicted molar refractivity (Wildman–Crippen MR) is 74.2 cm³/mol. The molecule has 0 saturated carbocycles. The SMILES string of the molecule is CCOC(CN)CC(=O)Nc1cc(Cl)cc(Cl)c1. The molecular formula is C12H16Cl2N2O2. The third-order valence-electron chi connectivity index (χ3n) is 2.22. The van der Waals surface area contributed by atoms with Crippen LogP contribution in [0.4, 0.5) is 5.69 Å². The van der Waals surface area contributed by atoms with Crippen molar-refractivity contribution in [3.8, 4) is 0 Å². The molecule has 0 fully saturated rings. The van der Waals surface area contributed by atoms with Crippen LogP contribution in [0.15, 0.2) is 18.2 Å². The van der Waals surface area contributed by atoms with E-state index < -0.39 is 0 Å². The lowest BCUT2D eigenvalue weighted by Crippen LogP contribution is -2.29. The van der Waals surface area contributed by atoms with Gasteiger partial charge in [0.05, 0.1) is 12.5 Å². The Hall–Kier alpha value is -0.810. The number of hydrogen-bond acceptors (Lipinski definition) is 3. The zero-order valence-electron chi connectivity index (χ0n) is 10.1. The summed E-state index contributed by atoms with van der Waals surface area (Å²) in [7, 11) is 0. The van der Waals surface area contributed by atoms with Crippen LogP contribution >= 0.6 is 23.2 Å². The van der Waals surface area contributed by atoms with E-state index in [9.17, 15) is 4.79 Å². The van der Waals surface area contributed by atoms with Gasteiger partial charge in [-0.3, -0.25) is 4.79 Å². The first-order chi connectivity index (χ1) is 8.55. The molecule has 18 heavy (non-hydrogen) atoms. The van der Waals surface area contributed by atoms with Gasteiger partial charge in [0.1, 0.15) is 0 Å². The Labute approximate surface area is 116 Å². The minimum absolute atomic E-state index is 0.183. The summed E-state index contributed by atoms with van der Waals surface area (Å²) in [5.74, 6) is -0.183. The highest BCUT2D eigenvalue weighted by molar-refractivity contribution is 6.35. The molecule has 0 aliphatic heterocycles. The molecule has 0 heterocycles. The highest BCUT2D eigenvalue weighted by Gasteiger charge is 2.12. The number of anilines is 1. The largest absolute Gasteiger partial charge is 0.377 e. The van der Waals surface area contributed by atoms with Gasteiger partial charge in [-0.2, -0.15) is 0 Å². The van der Waals surface area contributed by atoms with Gasteiger partial charge in [-0.15, -0.1) is 0 Å². The lowest BCUT2D eigenvalue weighted by atomic mass is 10.2. The van der Waals surface area contributed by atoms with Gasteiger partial charge in [0.2, 0.25) is 5.91 Å². The van der Waals surface area contributed by atoms with Crippen molar-refractivity contribution >= 4 is 34.8 Å². The van der Waals surface area contributed by atoms with Crippen molar-refractivity contribution < 1.29 is 9.53 Å². The fraction of sp³-hybridized carbons (Fsp3) is 0.417. The molecule has 1 aromatic carbocycles. The summed E-state index contributed by atoms with van der Waals surface area (Å²) in [6.45, 7) is 2.69. The third-order valence-corrected chi connectivity index (χ3v) is 2.66. The maximum absolute atomic E-state index is 11.7. The zero-order chi connectivity index (χ0) is 13.5. The van der Waals surface area contributed by atoms with Gasteiger partial charge in [0.25, 0.3) is 0 Å². The van der Waals surface area contributed by atoms with Gasteiger partial charge in [0, 0.05) is 28.9 Å².